The number of likely N-dealkylation sites (tertiary alicyclic amines) is 1. The number of anilines is 1. The van der Waals surface area contributed by atoms with Gasteiger partial charge in [-0.15, -0.1) is 11.3 Å². The number of alkyl carbamates (subject to hydrolysis) is 1. The summed E-state index contributed by atoms with van der Waals surface area (Å²) in [6, 6.07) is 1.88. The Labute approximate surface area is 196 Å². The third kappa shape index (κ3) is 5.08. The molecule has 4 heterocycles. The number of nitrogens with zero attached hydrogens (tertiary/aromatic N) is 5. The number of hydrogen-bond donors (Lipinski definition) is 2. The first-order valence-corrected chi connectivity index (χ1v) is 11.9. The van der Waals surface area contributed by atoms with Gasteiger partial charge in [0.05, 0.1) is 18.9 Å². The maximum absolute atomic E-state index is 13.4. The van der Waals surface area contributed by atoms with Crippen molar-refractivity contribution in [2.45, 2.75) is 45.7 Å². The van der Waals surface area contributed by atoms with Gasteiger partial charge in [0.15, 0.2) is 5.82 Å². The fourth-order valence-corrected chi connectivity index (χ4v) is 4.44. The van der Waals surface area contributed by atoms with Crippen LogP contribution >= 0.6 is 11.3 Å². The van der Waals surface area contributed by atoms with E-state index >= 15 is 0 Å². The van der Waals surface area contributed by atoms with E-state index < -0.39 is 6.09 Å². The number of aromatic nitrogens is 4. The molecule has 1 aliphatic rings. The minimum atomic E-state index is -0.448. The Balaban J connectivity index is 1.59. The highest BCUT2D eigenvalue weighted by Gasteiger charge is 2.27. The molecule has 4 rings (SSSR count). The maximum Gasteiger partial charge on any atom is 0.407 e. The molecule has 0 radical (unpaired) electrons. The lowest BCUT2D eigenvalue weighted by Crippen LogP contribution is -2.46. The minimum Gasteiger partial charge on any atom is -0.453 e. The number of rotatable bonds is 6. The van der Waals surface area contributed by atoms with E-state index in [4.69, 9.17) is 4.98 Å². The summed E-state index contributed by atoms with van der Waals surface area (Å²) in [4.78, 5) is 36.9. The van der Waals surface area contributed by atoms with Crippen molar-refractivity contribution < 1.29 is 14.3 Å². The van der Waals surface area contributed by atoms with Gasteiger partial charge in [-0.3, -0.25) is 4.79 Å². The molecule has 0 aliphatic carbocycles. The summed E-state index contributed by atoms with van der Waals surface area (Å²) < 4.78 is 6.45. The molecule has 3 aromatic heterocycles. The number of piperidine rings is 1. The molecule has 2 amide bonds. The van der Waals surface area contributed by atoms with Crippen molar-refractivity contribution in [3.63, 3.8) is 0 Å². The molecular formula is C22H29N7O3S. The minimum absolute atomic E-state index is 0.00823. The lowest BCUT2D eigenvalue weighted by Gasteiger charge is -2.32. The van der Waals surface area contributed by atoms with Crippen LogP contribution in [0.4, 0.5) is 10.6 Å². The van der Waals surface area contributed by atoms with Crippen molar-refractivity contribution in [2.75, 3.05) is 25.5 Å². The molecule has 1 aliphatic heterocycles. The van der Waals surface area contributed by atoms with Gasteiger partial charge in [0.2, 0.25) is 0 Å². The number of hydrogen-bond acceptors (Lipinski definition) is 8. The van der Waals surface area contributed by atoms with Crippen LogP contribution in [0.25, 0.3) is 16.2 Å². The molecule has 3 aromatic rings. The molecule has 176 valence electrons. The smallest absolute Gasteiger partial charge is 0.407 e. The summed E-state index contributed by atoms with van der Waals surface area (Å²) in [6.45, 7) is 7.41. The first-order valence-electron chi connectivity index (χ1n) is 11.1. The molecule has 1 atom stereocenters. The van der Waals surface area contributed by atoms with Gasteiger partial charge < -0.3 is 20.3 Å². The van der Waals surface area contributed by atoms with Crippen LogP contribution in [0.5, 0.6) is 0 Å². The van der Waals surface area contributed by atoms with Crippen molar-refractivity contribution in [1.82, 2.24) is 29.8 Å². The first kappa shape index (κ1) is 23.0. The second-order valence-electron chi connectivity index (χ2n) is 8.55. The standard InChI is InChI=1S/C22H29N7O3S/c1-13(2)14(3)24-18-11-17(20(30)28-7-5-15(6-8-28)25-22(31)32-4)26-19(27-18)16-12-23-29-9-10-33-21(16)29/h9-15H,5-8H2,1-4H3,(H,25,31)(H,24,26,27). The van der Waals surface area contributed by atoms with E-state index in [1.165, 1.54) is 7.11 Å². The SMILES string of the molecule is COC(=O)NC1CCN(C(=O)c2cc(NC(C)C(C)C)nc(-c3cnn4ccsc34)n2)CC1. The maximum atomic E-state index is 13.4. The van der Waals surface area contributed by atoms with E-state index in [1.54, 1.807) is 33.0 Å². The molecular weight excluding hydrogens is 442 g/mol. The molecule has 2 N–H and O–H groups in total. The zero-order valence-corrected chi connectivity index (χ0v) is 20.1. The number of ether oxygens (including phenoxy) is 1. The topological polar surface area (TPSA) is 114 Å². The average Bonchev–Trinajstić information content (AvgIpc) is 3.43. The highest BCUT2D eigenvalue weighted by Crippen LogP contribution is 2.27. The van der Waals surface area contributed by atoms with Gasteiger partial charge in [0.25, 0.3) is 5.91 Å². The van der Waals surface area contributed by atoms with Gasteiger partial charge in [0.1, 0.15) is 16.3 Å². The van der Waals surface area contributed by atoms with E-state index in [1.807, 2.05) is 11.6 Å². The number of amides is 2. The Hall–Kier alpha value is -3.21. The van der Waals surface area contributed by atoms with Gasteiger partial charge in [0, 0.05) is 42.8 Å². The van der Waals surface area contributed by atoms with Gasteiger partial charge in [-0.25, -0.2) is 19.3 Å². The van der Waals surface area contributed by atoms with Crippen LogP contribution in [-0.2, 0) is 4.74 Å². The highest BCUT2D eigenvalue weighted by molar-refractivity contribution is 7.16. The van der Waals surface area contributed by atoms with Crippen molar-refractivity contribution in [2.24, 2.45) is 5.92 Å². The molecule has 1 fully saturated rings. The zero-order chi connectivity index (χ0) is 23.5. The molecule has 0 saturated carbocycles. The Bertz CT molecular complexity index is 1130. The highest BCUT2D eigenvalue weighted by atomic mass is 32.1. The van der Waals surface area contributed by atoms with Crippen molar-refractivity contribution in [3.05, 3.63) is 29.5 Å². The fourth-order valence-electron chi connectivity index (χ4n) is 3.65. The predicted molar refractivity (Wildman–Crippen MR) is 126 cm³/mol. The van der Waals surface area contributed by atoms with Crippen LogP contribution in [0, 0.1) is 5.92 Å². The molecule has 1 unspecified atom stereocenters. The lowest BCUT2D eigenvalue weighted by molar-refractivity contribution is 0.0698. The van der Waals surface area contributed by atoms with Gasteiger partial charge in [-0.1, -0.05) is 13.8 Å². The van der Waals surface area contributed by atoms with Crippen LogP contribution in [0.3, 0.4) is 0 Å². The van der Waals surface area contributed by atoms with Crippen LogP contribution < -0.4 is 10.6 Å². The normalized spacial score (nSPS) is 15.6. The lowest BCUT2D eigenvalue weighted by atomic mass is 10.0. The third-order valence-corrected chi connectivity index (χ3v) is 6.87. The van der Waals surface area contributed by atoms with Crippen molar-refractivity contribution in [1.29, 1.82) is 0 Å². The largest absolute Gasteiger partial charge is 0.453 e. The number of thiazole rings is 1. The van der Waals surface area contributed by atoms with Crippen molar-refractivity contribution >= 4 is 34.0 Å². The van der Waals surface area contributed by atoms with E-state index in [9.17, 15) is 9.59 Å². The average molecular weight is 472 g/mol. The Morgan fingerprint density at radius 3 is 2.67 bits per heavy atom. The molecule has 0 bridgehead atoms. The first-order chi connectivity index (χ1) is 15.9. The summed E-state index contributed by atoms with van der Waals surface area (Å²) in [5.41, 5.74) is 1.13. The summed E-state index contributed by atoms with van der Waals surface area (Å²) >= 11 is 1.55. The Morgan fingerprint density at radius 2 is 1.97 bits per heavy atom. The van der Waals surface area contributed by atoms with Gasteiger partial charge in [-0.05, 0) is 25.7 Å². The quantitative estimate of drug-likeness (QED) is 0.567. The van der Waals surface area contributed by atoms with Crippen LogP contribution in [0.1, 0.15) is 44.1 Å². The van der Waals surface area contributed by atoms with Crippen LogP contribution in [0.2, 0.25) is 0 Å². The number of carbonyl (C=O) groups is 2. The molecule has 11 heteroatoms. The fraction of sp³-hybridized carbons (Fsp3) is 0.500. The monoisotopic (exact) mass is 471 g/mol. The third-order valence-electron chi connectivity index (χ3n) is 5.98. The summed E-state index contributed by atoms with van der Waals surface area (Å²) in [6.07, 6.45) is 4.48. The Kier molecular flexibility index (Phi) is 6.77. The van der Waals surface area contributed by atoms with E-state index in [0.717, 1.165) is 10.4 Å². The molecule has 1 saturated heterocycles. The van der Waals surface area contributed by atoms with Gasteiger partial charge in [-0.2, -0.15) is 5.10 Å². The van der Waals surface area contributed by atoms with Gasteiger partial charge >= 0.3 is 6.09 Å². The zero-order valence-electron chi connectivity index (χ0n) is 19.2. The van der Waals surface area contributed by atoms with E-state index in [0.29, 0.717) is 49.2 Å². The summed E-state index contributed by atoms with van der Waals surface area (Å²) in [5, 5.41) is 12.5. The number of methoxy groups -OCH3 is 1. The second-order valence-corrected chi connectivity index (χ2v) is 9.45. The number of carbonyl (C=O) groups excluding carboxylic acids is 2. The van der Waals surface area contributed by atoms with Crippen molar-refractivity contribution in [3.8, 4) is 11.4 Å². The molecule has 10 nitrogen and oxygen atoms in total. The molecule has 0 aromatic carbocycles. The molecule has 0 spiro atoms. The number of nitrogens with one attached hydrogen (secondary N) is 2. The predicted octanol–water partition coefficient (Wildman–Crippen LogP) is 3.27. The number of fused-ring (bicyclic) bond motifs is 1. The van der Waals surface area contributed by atoms with E-state index in [2.05, 4.69) is 46.2 Å². The molecule has 33 heavy (non-hydrogen) atoms. The summed E-state index contributed by atoms with van der Waals surface area (Å²) in [7, 11) is 1.34. The summed E-state index contributed by atoms with van der Waals surface area (Å²) in [5.74, 6) is 1.33. The Morgan fingerprint density at radius 1 is 1.21 bits per heavy atom. The van der Waals surface area contributed by atoms with Crippen LogP contribution in [0.15, 0.2) is 23.8 Å². The van der Waals surface area contributed by atoms with E-state index in [-0.39, 0.29) is 18.0 Å². The van der Waals surface area contributed by atoms with Crippen LogP contribution in [-0.4, -0.2) is 68.8 Å². The second kappa shape index (κ2) is 9.74.